The first kappa shape index (κ1) is 16.1. The van der Waals surface area contributed by atoms with Gasteiger partial charge in [-0.25, -0.2) is 0 Å². The molecule has 0 aliphatic carbocycles. The standard InChI is InChI=1S/C19H24ClN/c1-12(2)15-7-10-17(18(11-15)13(3)4)19(21)14-5-8-16(20)9-6-14/h5-13,19H,21H2,1-4H3. The zero-order valence-corrected chi connectivity index (χ0v) is 14.0. The monoisotopic (exact) mass is 301 g/mol. The predicted octanol–water partition coefficient (Wildman–Crippen LogP) is 5.63. The summed E-state index contributed by atoms with van der Waals surface area (Å²) in [5.74, 6) is 0.986. The predicted molar refractivity (Wildman–Crippen MR) is 92.1 cm³/mol. The molecule has 2 heteroatoms. The van der Waals surface area contributed by atoms with Crippen LogP contribution in [0.2, 0.25) is 5.02 Å². The second kappa shape index (κ2) is 6.64. The average molecular weight is 302 g/mol. The van der Waals surface area contributed by atoms with Crippen molar-refractivity contribution in [2.45, 2.75) is 45.6 Å². The van der Waals surface area contributed by atoms with E-state index in [0.717, 1.165) is 10.6 Å². The van der Waals surface area contributed by atoms with Gasteiger partial charge in [0, 0.05) is 5.02 Å². The van der Waals surface area contributed by atoms with Crippen LogP contribution in [0.5, 0.6) is 0 Å². The molecule has 1 atom stereocenters. The van der Waals surface area contributed by atoms with E-state index in [0.29, 0.717) is 11.8 Å². The molecule has 2 N–H and O–H groups in total. The summed E-state index contributed by atoms with van der Waals surface area (Å²) in [5, 5.41) is 0.741. The van der Waals surface area contributed by atoms with Gasteiger partial charge in [0.1, 0.15) is 0 Å². The molecular formula is C19H24ClN. The first-order chi connectivity index (χ1) is 9.90. The topological polar surface area (TPSA) is 26.0 Å². The van der Waals surface area contributed by atoms with Crippen LogP contribution in [-0.2, 0) is 0 Å². The van der Waals surface area contributed by atoms with E-state index < -0.39 is 0 Å². The van der Waals surface area contributed by atoms with Gasteiger partial charge in [-0.05, 0) is 46.2 Å². The molecule has 2 rings (SSSR count). The highest BCUT2D eigenvalue weighted by atomic mass is 35.5. The van der Waals surface area contributed by atoms with Gasteiger partial charge in [0.2, 0.25) is 0 Å². The summed E-state index contributed by atoms with van der Waals surface area (Å²) in [7, 11) is 0. The smallest absolute Gasteiger partial charge is 0.0554 e. The van der Waals surface area contributed by atoms with Gasteiger partial charge in [0.15, 0.2) is 0 Å². The van der Waals surface area contributed by atoms with Gasteiger partial charge in [0.05, 0.1) is 6.04 Å². The molecule has 0 fully saturated rings. The second-order valence-corrected chi connectivity index (χ2v) is 6.66. The van der Waals surface area contributed by atoms with E-state index in [1.165, 1.54) is 16.7 Å². The molecule has 1 unspecified atom stereocenters. The summed E-state index contributed by atoms with van der Waals surface area (Å²) in [6.45, 7) is 8.88. The molecule has 0 saturated carbocycles. The van der Waals surface area contributed by atoms with Crippen LogP contribution < -0.4 is 5.73 Å². The highest BCUT2D eigenvalue weighted by Gasteiger charge is 2.16. The Hall–Kier alpha value is -1.31. The van der Waals surface area contributed by atoms with E-state index in [1.54, 1.807) is 0 Å². The number of nitrogens with two attached hydrogens (primary N) is 1. The molecule has 2 aromatic carbocycles. The average Bonchev–Trinajstić information content (AvgIpc) is 2.46. The summed E-state index contributed by atoms with van der Waals surface area (Å²) < 4.78 is 0. The summed E-state index contributed by atoms with van der Waals surface area (Å²) in [4.78, 5) is 0. The molecule has 0 amide bonds. The molecule has 0 heterocycles. The summed E-state index contributed by atoms with van der Waals surface area (Å²) >= 11 is 5.96. The molecule has 2 aromatic rings. The zero-order valence-electron chi connectivity index (χ0n) is 13.2. The minimum absolute atomic E-state index is 0.110. The van der Waals surface area contributed by atoms with Crippen molar-refractivity contribution in [2.75, 3.05) is 0 Å². The lowest BCUT2D eigenvalue weighted by Gasteiger charge is -2.21. The Balaban J connectivity index is 2.44. The number of hydrogen-bond acceptors (Lipinski definition) is 1. The number of benzene rings is 2. The Kier molecular flexibility index (Phi) is 5.08. The molecular weight excluding hydrogens is 278 g/mol. The van der Waals surface area contributed by atoms with Gasteiger partial charge in [0.25, 0.3) is 0 Å². The van der Waals surface area contributed by atoms with Crippen LogP contribution in [0.1, 0.15) is 67.8 Å². The normalized spacial score (nSPS) is 13.0. The van der Waals surface area contributed by atoms with Crippen molar-refractivity contribution in [3.63, 3.8) is 0 Å². The Labute approximate surface area is 133 Å². The fourth-order valence-electron chi connectivity index (χ4n) is 2.59. The maximum Gasteiger partial charge on any atom is 0.0554 e. The maximum atomic E-state index is 6.49. The van der Waals surface area contributed by atoms with E-state index >= 15 is 0 Å². The first-order valence-electron chi connectivity index (χ1n) is 7.55. The van der Waals surface area contributed by atoms with Crippen molar-refractivity contribution >= 4 is 11.6 Å². The van der Waals surface area contributed by atoms with Gasteiger partial charge in [-0.1, -0.05) is 69.6 Å². The quantitative estimate of drug-likeness (QED) is 0.777. The summed E-state index contributed by atoms with van der Waals surface area (Å²) in [6, 6.07) is 14.4. The summed E-state index contributed by atoms with van der Waals surface area (Å²) in [6.07, 6.45) is 0. The van der Waals surface area contributed by atoms with Gasteiger partial charge in [-0.3, -0.25) is 0 Å². The van der Waals surface area contributed by atoms with Crippen LogP contribution in [0.3, 0.4) is 0 Å². The Morgan fingerprint density at radius 3 is 1.86 bits per heavy atom. The molecule has 112 valence electrons. The zero-order chi connectivity index (χ0) is 15.6. The lowest BCUT2D eigenvalue weighted by molar-refractivity contribution is 0.781. The van der Waals surface area contributed by atoms with Crippen molar-refractivity contribution in [2.24, 2.45) is 5.73 Å². The Morgan fingerprint density at radius 2 is 1.33 bits per heavy atom. The second-order valence-electron chi connectivity index (χ2n) is 6.23. The minimum atomic E-state index is -0.110. The van der Waals surface area contributed by atoms with Gasteiger partial charge in [-0.15, -0.1) is 0 Å². The van der Waals surface area contributed by atoms with E-state index in [2.05, 4.69) is 45.9 Å². The third-order valence-corrected chi connectivity index (χ3v) is 4.22. The third-order valence-electron chi connectivity index (χ3n) is 3.96. The third kappa shape index (κ3) is 3.66. The minimum Gasteiger partial charge on any atom is -0.320 e. The van der Waals surface area contributed by atoms with Gasteiger partial charge in [-0.2, -0.15) is 0 Å². The SMILES string of the molecule is CC(C)c1ccc(C(N)c2ccc(Cl)cc2)c(C(C)C)c1. The Morgan fingerprint density at radius 1 is 0.762 bits per heavy atom. The lowest BCUT2D eigenvalue weighted by Crippen LogP contribution is -2.15. The van der Waals surface area contributed by atoms with Gasteiger partial charge >= 0.3 is 0 Å². The van der Waals surface area contributed by atoms with Crippen molar-refractivity contribution in [1.82, 2.24) is 0 Å². The highest BCUT2D eigenvalue weighted by Crippen LogP contribution is 2.31. The number of halogens is 1. The van der Waals surface area contributed by atoms with Crippen LogP contribution in [-0.4, -0.2) is 0 Å². The van der Waals surface area contributed by atoms with Crippen LogP contribution in [0.25, 0.3) is 0 Å². The molecule has 0 aliphatic heterocycles. The van der Waals surface area contributed by atoms with Crippen molar-refractivity contribution in [1.29, 1.82) is 0 Å². The first-order valence-corrected chi connectivity index (χ1v) is 7.92. The summed E-state index contributed by atoms with van der Waals surface area (Å²) in [5.41, 5.74) is 11.5. The molecule has 0 aliphatic rings. The van der Waals surface area contributed by atoms with Crippen LogP contribution in [0.15, 0.2) is 42.5 Å². The van der Waals surface area contributed by atoms with Crippen LogP contribution in [0.4, 0.5) is 0 Å². The van der Waals surface area contributed by atoms with Crippen LogP contribution in [0, 0.1) is 0 Å². The molecule has 21 heavy (non-hydrogen) atoms. The highest BCUT2D eigenvalue weighted by molar-refractivity contribution is 6.30. The van der Waals surface area contributed by atoms with E-state index in [-0.39, 0.29) is 6.04 Å². The number of rotatable bonds is 4. The van der Waals surface area contributed by atoms with Gasteiger partial charge < -0.3 is 5.73 Å². The molecule has 0 radical (unpaired) electrons. The van der Waals surface area contributed by atoms with E-state index in [9.17, 15) is 0 Å². The molecule has 0 aromatic heterocycles. The lowest BCUT2D eigenvalue weighted by atomic mass is 9.87. The molecule has 0 spiro atoms. The number of hydrogen-bond donors (Lipinski definition) is 1. The van der Waals surface area contributed by atoms with E-state index in [1.807, 2.05) is 24.3 Å². The Bertz CT molecular complexity index is 599. The molecule has 0 saturated heterocycles. The maximum absolute atomic E-state index is 6.49. The molecule has 1 nitrogen and oxygen atoms in total. The molecule has 0 bridgehead atoms. The van der Waals surface area contributed by atoms with Crippen molar-refractivity contribution < 1.29 is 0 Å². The largest absolute Gasteiger partial charge is 0.320 e. The fourth-order valence-corrected chi connectivity index (χ4v) is 2.71. The van der Waals surface area contributed by atoms with E-state index in [4.69, 9.17) is 17.3 Å². The van der Waals surface area contributed by atoms with Crippen molar-refractivity contribution in [3.8, 4) is 0 Å². The van der Waals surface area contributed by atoms with Crippen LogP contribution >= 0.6 is 11.6 Å². The fraction of sp³-hybridized carbons (Fsp3) is 0.368. The van der Waals surface area contributed by atoms with Crippen molar-refractivity contribution in [3.05, 3.63) is 69.7 Å².